The molecule has 0 aliphatic heterocycles. The topological polar surface area (TPSA) is 97.3 Å². The first-order valence-corrected chi connectivity index (χ1v) is 6.36. The first kappa shape index (κ1) is 17.9. The summed E-state index contributed by atoms with van der Waals surface area (Å²) >= 11 is 8.42. The molecule has 6 N–H and O–H groups in total. The standard InChI is InChI=1S/C8H9NOS.C4H5N.CH3NOS/c9-8(11)10-6-7-4-2-1-3-5-7;1-2-4-5-3-1;2-1(3)4/h1-5H,6H2,(H2,9,11);1-5H;(H3,2,3,4). The van der Waals surface area contributed by atoms with Crippen LogP contribution < -0.4 is 11.5 Å². The number of ether oxygens (including phenoxy) is 1. The van der Waals surface area contributed by atoms with Gasteiger partial charge in [0.05, 0.1) is 0 Å². The third-order valence-corrected chi connectivity index (χ3v) is 1.84. The largest absolute Gasteiger partial charge is 0.487 e. The third-order valence-electron chi connectivity index (χ3n) is 1.72. The van der Waals surface area contributed by atoms with Crippen LogP contribution in [0, 0.1) is 0 Å². The molecule has 0 saturated heterocycles. The summed E-state index contributed by atoms with van der Waals surface area (Å²) in [6, 6.07) is 13.6. The van der Waals surface area contributed by atoms with Crippen molar-refractivity contribution >= 4 is 34.8 Å². The molecule has 0 bridgehead atoms. The normalized spacial score (nSPS) is 8.20. The summed E-state index contributed by atoms with van der Waals surface area (Å²) < 4.78 is 4.94. The van der Waals surface area contributed by atoms with Gasteiger partial charge in [0, 0.05) is 12.4 Å². The Balaban J connectivity index is 0.000000331. The molecule has 0 aliphatic rings. The average Bonchev–Trinajstić information content (AvgIpc) is 2.96. The predicted molar refractivity (Wildman–Crippen MR) is 88.2 cm³/mol. The number of aromatic nitrogens is 1. The van der Waals surface area contributed by atoms with Gasteiger partial charge in [0.1, 0.15) is 6.61 Å². The van der Waals surface area contributed by atoms with Crippen LogP contribution in [0.2, 0.25) is 0 Å². The number of aromatic amines is 1. The monoisotopic (exact) mass is 311 g/mol. The minimum Gasteiger partial charge on any atom is -0.487 e. The molecule has 5 nitrogen and oxygen atoms in total. The molecule has 108 valence electrons. The van der Waals surface area contributed by atoms with E-state index in [1.807, 2.05) is 54.9 Å². The van der Waals surface area contributed by atoms with Gasteiger partial charge in [-0.2, -0.15) is 0 Å². The van der Waals surface area contributed by atoms with Gasteiger partial charge in [-0.1, -0.05) is 30.3 Å². The number of rotatable bonds is 2. The molecular weight excluding hydrogens is 294 g/mol. The van der Waals surface area contributed by atoms with Crippen LogP contribution in [0.3, 0.4) is 0 Å². The van der Waals surface area contributed by atoms with Gasteiger partial charge < -0.3 is 26.3 Å². The van der Waals surface area contributed by atoms with Crippen LogP contribution in [0.25, 0.3) is 0 Å². The van der Waals surface area contributed by atoms with Crippen molar-refractivity contribution in [2.24, 2.45) is 11.5 Å². The SMILES string of the molecule is NC(=S)OCc1ccccc1.NC(O)=S.c1cc[nH]c1. The highest BCUT2D eigenvalue weighted by Crippen LogP contribution is 1.99. The summed E-state index contributed by atoms with van der Waals surface area (Å²) in [6.45, 7) is 0.455. The van der Waals surface area contributed by atoms with Gasteiger partial charge in [-0.05, 0) is 42.1 Å². The highest BCUT2D eigenvalue weighted by atomic mass is 32.1. The summed E-state index contributed by atoms with van der Waals surface area (Å²) in [5.74, 6) is 0. The van der Waals surface area contributed by atoms with Crippen molar-refractivity contribution in [1.82, 2.24) is 4.98 Å². The molecule has 0 unspecified atom stereocenters. The fraction of sp³-hybridized carbons (Fsp3) is 0.0769. The second-order valence-corrected chi connectivity index (χ2v) is 4.14. The summed E-state index contributed by atoms with van der Waals surface area (Å²) in [7, 11) is 0. The van der Waals surface area contributed by atoms with E-state index in [9.17, 15) is 0 Å². The van der Waals surface area contributed by atoms with Gasteiger partial charge in [0.25, 0.3) is 10.3 Å². The number of thiocarbonyl (C=S) groups is 2. The molecule has 0 aliphatic carbocycles. The molecule has 0 fully saturated rings. The number of aliphatic hydroxyl groups is 1. The maximum Gasteiger partial charge on any atom is 0.254 e. The first-order valence-electron chi connectivity index (χ1n) is 5.54. The van der Waals surface area contributed by atoms with Crippen molar-refractivity contribution in [3.8, 4) is 0 Å². The molecule has 1 heterocycles. The molecule has 20 heavy (non-hydrogen) atoms. The van der Waals surface area contributed by atoms with Crippen molar-refractivity contribution in [2.75, 3.05) is 0 Å². The van der Waals surface area contributed by atoms with Crippen molar-refractivity contribution in [1.29, 1.82) is 0 Å². The number of H-pyrrole nitrogens is 1. The average molecular weight is 311 g/mol. The fourth-order valence-corrected chi connectivity index (χ4v) is 1.07. The van der Waals surface area contributed by atoms with Gasteiger partial charge in [0.15, 0.2) is 0 Å². The van der Waals surface area contributed by atoms with Gasteiger partial charge in [-0.25, -0.2) is 0 Å². The Labute approximate surface area is 128 Å². The van der Waals surface area contributed by atoms with Crippen LogP contribution in [-0.4, -0.2) is 20.4 Å². The van der Waals surface area contributed by atoms with Gasteiger partial charge in [-0.15, -0.1) is 0 Å². The number of hydrogen-bond acceptors (Lipinski definition) is 3. The molecule has 2 rings (SSSR count). The van der Waals surface area contributed by atoms with Crippen molar-refractivity contribution in [3.63, 3.8) is 0 Å². The molecular formula is C13H17N3O2S2. The number of nitrogens with two attached hydrogens (primary N) is 2. The van der Waals surface area contributed by atoms with E-state index in [0.717, 1.165) is 5.56 Å². The summed E-state index contributed by atoms with van der Waals surface area (Å²) in [6.07, 6.45) is 3.75. The van der Waals surface area contributed by atoms with E-state index in [2.05, 4.69) is 35.2 Å². The molecule has 0 spiro atoms. The molecule has 2 aromatic rings. The molecule has 0 radical (unpaired) electrons. The van der Waals surface area contributed by atoms with E-state index in [0.29, 0.717) is 6.61 Å². The van der Waals surface area contributed by atoms with E-state index in [1.165, 1.54) is 0 Å². The smallest absolute Gasteiger partial charge is 0.254 e. The van der Waals surface area contributed by atoms with Crippen molar-refractivity contribution < 1.29 is 9.84 Å². The maximum absolute atomic E-state index is 7.56. The summed E-state index contributed by atoms with van der Waals surface area (Å²) in [5, 5.41) is 7.16. The number of benzene rings is 1. The van der Waals surface area contributed by atoms with Crippen LogP contribution >= 0.6 is 24.4 Å². The Hall–Kier alpha value is -2.12. The summed E-state index contributed by atoms with van der Waals surface area (Å²) in [5.41, 5.74) is 10.6. The number of hydrogen-bond donors (Lipinski definition) is 4. The van der Waals surface area contributed by atoms with Crippen LogP contribution in [-0.2, 0) is 11.3 Å². The molecule has 7 heteroatoms. The van der Waals surface area contributed by atoms with E-state index in [4.69, 9.17) is 15.6 Å². The number of nitrogens with one attached hydrogen (secondary N) is 1. The van der Waals surface area contributed by atoms with Crippen LogP contribution in [0.1, 0.15) is 5.56 Å². The van der Waals surface area contributed by atoms with E-state index >= 15 is 0 Å². The zero-order valence-corrected chi connectivity index (χ0v) is 12.4. The number of aliphatic hydroxyl groups excluding tert-OH is 1. The van der Waals surface area contributed by atoms with Crippen LogP contribution in [0.15, 0.2) is 54.9 Å². The maximum atomic E-state index is 7.56. The Bertz CT molecular complexity index is 454. The predicted octanol–water partition coefficient (Wildman–Crippen LogP) is 2.25. The van der Waals surface area contributed by atoms with Crippen molar-refractivity contribution in [3.05, 3.63) is 60.4 Å². The Morgan fingerprint density at radius 2 is 1.55 bits per heavy atom. The second kappa shape index (κ2) is 11.9. The fourth-order valence-electron chi connectivity index (χ4n) is 1.01. The van der Waals surface area contributed by atoms with Crippen molar-refractivity contribution in [2.45, 2.75) is 6.61 Å². The molecule has 1 aromatic heterocycles. The zero-order chi connectivity index (χ0) is 15.2. The van der Waals surface area contributed by atoms with Gasteiger partial charge in [0.2, 0.25) is 0 Å². The zero-order valence-electron chi connectivity index (χ0n) is 10.7. The highest BCUT2D eigenvalue weighted by Gasteiger charge is 1.91. The highest BCUT2D eigenvalue weighted by molar-refractivity contribution is 7.80. The lowest BCUT2D eigenvalue weighted by Gasteiger charge is -2.01. The molecule has 0 amide bonds. The minimum absolute atomic E-state index is 0.0915. The quantitative estimate of drug-likeness (QED) is 0.635. The lowest BCUT2D eigenvalue weighted by Crippen LogP contribution is -2.12. The third kappa shape index (κ3) is 13.9. The van der Waals surface area contributed by atoms with Gasteiger partial charge in [-0.3, -0.25) is 0 Å². The van der Waals surface area contributed by atoms with E-state index < -0.39 is 5.17 Å². The Morgan fingerprint density at radius 1 is 1.05 bits per heavy atom. The lowest BCUT2D eigenvalue weighted by atomic mass is 10.2. The first-order chi connectivity index (χ1) is 9.52. The Morgan fingerprint density at radius 3 is 1.90 bits per heavy atom. The van der Waals surface area contributed by atoms with Crippen LogP contribution in [0.5, 0.6) is 0 Å². The molecule has 0 atom stereocenters. The Kier molecular flexibility index (Phi) is 10.7. The second-order valence-electron chi connectivity index (χ2n) is 3.32. The van der Waals surface area contributed by atoms with E-state index in [1.54, 1.807) is 0 Å². The minimum atomic E-state index is -0.500. The van der Waals surface area contributed by atoms with E-state index in [-0.39, 0.29) is 5.17 Å². The molecule has 1 aromatic carbocycles. The van der Waals surface area contributed by atoms with Crippen LogP contribution in [0.4, 0.5) is 0 Å². The van der Waals surface area contributed by atoms with Gasteiger partial charge >= 0.3 is 0 Å². The summed E-state index contributed by atoms with van der Waals surface area (Å²) in [4.78, 5) is 2.86. The lowest BCUT2D eigenvalue weighted by molar-refractivity contribution is 0.296. The molecule has 0 saturated carbocycles.